The van der Waals surface area contributed by atoms with Gasteiger partial charge in [-0.25, -0.2) is 36.1 Å². The van der Waals surface area contributed by atoms with Crippen molar-refractivity contribution < 1.29 is 48.0 Å². The largest absolute Gasteiger partial charge is 0.414 e. The fourth-order valence-corrected chi connectivity index (χ4v) is 9.52. The monoisotopic (exact) mass is 889 g/mol. The molecule has 0 fully saturated rings. The minimum absolute atomic E-state index is 0.00332. The Hall–Kier alpha value is -4.92. The van der Waals surface area contributed by atoms with E-state index < -0.39 is 44.7 Å². The predicted molar refractivity (Wildman–Crippen MR) is 202 cm³/mol. The van der Waals surface area contributed by atoms with Gasteiger partial charge in [-0.3, -0.25) is 9.29 Å². The van der Waals surface area contributed by atoms with Gasteiger partial charge in [0.15, 0.2) is 5.82 Å². The Morgan fingerprint density at radius 2 is 1.41 bits per heavy atom. The van der Waals surface area contributed by atoms with Crippen LogP contribution in [0.2, 0.25) is 0 Å². The van der Waals surface area contributed by atoms with E-state index in [9.17, 15) is 34.4 Å². The molecule has 6 aromatic heterocycles. The predicted octanol–water partition coefficient (Wildman–Crippen LogP) is 6.18. The second-order valence-corrected chi connectivity index (χ2v) is 18.6. The Morgan fingerprint density at radius 3 is 1.93 bits per heavy atom. The zero-order chi connectivity index (χ0) is 41.6. The molecule has 0 bridgehead atoms. The van der Waals surface area contributed by atoms with Gasteiger partial charge in [-0.1, -0.05) is 6.92 Å². The zero-order valence-electron chi connectivity index (χ0n) is 30.9. The molecule has 0 amide bonds. The van der Waals surface area contributed by atoms with Crippen molar-refractivity contribution in [3.05, 3.63) is 70.2 Å². The maximum Gasteiger partial charge on any atom is 0.314 e. The molecule has 0 N–H and O–H groups in total. The highest BCUT2D eigenvalue weighted by Gasteiger charge is 2.28. The summed E-state index contributed by atoms with van der Waals surface area (Å²) >= 11 is 2.02. The van der Waals surface area contributed by atoms with E-state index in [1.807, 2.05) is 11.5 Å². The molecule has 0 radical (unpaired) electrons. The molecule has 0 aromatic carbocycles. The van der Waals surface area contributed by atoms with E-state index >= 15 is 0 Å². The third-order valence-electron chi connectivity index (χ3n) is 8.10. The minimum atomic E-state index is -4.00. The lowest BCUT2D eigenvalue weighted by atomic mass is 10.3. The van der Waals surface area contributed by atoms with Gasteiger partial charge in [0.05, 0.1) is 61.2 Å². The van der Waals surface area contributed by atoms with Crippen molar-refractivity contribution in [1.82, 2.24) is 44.9 Å². The molecule has 0 aliphatic carbocycles. The first-order chi connectivity index (χ1) is 27.7. The molecule has 26 heteroatoms. The number of anilines is 2. The number of aromatic nitrogens is 9. The van der Waals surface area contributed by atoms with Gasteiger partial charge >= 0.3 is 12.9 Å². The van der Waals surface area contributed by atoms with E-state index in [-0.39, 0.29) is 72.4 Å². The third kappa shape index (κ3) is 10.2. The van der Waals surface area contributed by atoms with Crippen molar-refractivity contribution in [2.45, 2.75) is 72.7 Å². The maximum atomic E-state index is 13.8. The number of sulfonamides is 2. The fraction of sp³-hybridized carbons (Fsp3) is 0.438. The van der Waals surface area contributed by atoms with Crippen molar-refractivity contribution in [1.29, 1.82) is 0 Å². The van der Waals surface area contributed by atoms with Crippen LogP contribution < -0.4 is 8.61 Å². The number of aryl methyl sites for hydroxylation is 2. The molecule has 0 saturated heterocycles. The van der Waals surface area contributed by atoms with Gasteiger partial charge in [-0.15, -0.1) is 43.1 Å². The van der Waals surface area contributed by atoms with E-state index in [2.05, 4.69) is 40.3 Å². The summed E-state index contributed by atoms with van der Waals surface area (Å²) in [6.45, 7) is 5.51. The van der Waals surface area contributed by atoms with Crippen LogP contribution in [0.15, 0.2) is 45.8 Å². The van der Waals surface area contributed by atoms with Crippen LogP contribution in [0.3, 0.4) is 0 Å². The van der Waals surface area contributed by atoms with E-state index in [0.29, 0.717) is 33.0 Å². The van der Waals surface area contributed by atoms with Crippen molar-refractivity contribution in [3.8, 4) is 21.5 Å². The molecule has 0 atom stereocenters. The lowest BCUT2D eigenvalue weighted by Gasteiger charge is -2.22. The molecule has 0 spiro atoms. The first-order valence-corrected chi connectivity index (χ1v) is 22.2. The second kappa shape index (κ2) is 18.3. The van der Waals surface area contributed by atoms with E-state index in [4.69, 9.17) is 13.6 Å². The van der Waals surface area contributed by atoms with E-state index in [1.165, 1.54) is 25.5 Å². The molecule has 6 aromatic rings. The van der Waals surface area contributed by atoms with E-state index in [1.54, 1.807) is 25.3 Å². The summed E-state index contributed by atoms with van der Waals surface area (Å²) in [6, 6.07) is 3.12. The van der Waals surface area contributed by atoms with Gasteiger partial charge in [-0.05, 0) is 38.8 Å². The molecule has 0 aliphatic heterocycles. The molecule has 58 heavy (non-hydrogen) atoms. The quantitative estimate of drug-likeness (QED) is 0.0582. The lowest BCUT2D eigenvalue weighted by molar-refractivity contribution is 0.115. The van der Waals surface area contributed by atoms with Gasteiger partial charge in [0.1, 0.15) is 25.6 Å². The first-order valence-electron chi connectivity index (χ1n) is 17.4. The number of hydrogen-bond acceptors (Lipinski definition) is 17. The van der Waals surface area contributed by atoms with Crippen molar-refractivity contribution in [3.63, 3.8) is 0 Å². The number of imidazole rings is 1. The topological polar surface area (TPSA) is 218 Å². The fourth-order valence-electron chi connectivity index (χ4n) is 5.24. The molecule has 6 heterocycles. The summed E-state index contributed by atoms with van der Waals surface area (Å²) < 4.78 is 125. The summed E-state index contributed by atoms with van der Waals surface area (Å²) in [6.07, 6.45) is 0.674. The normalized spacial score (nSPS) is 12.3. The Bertz CT molecular complexity index is 2510. The summed E-state index contributed by atoms with van der Waals surface area (Å²) in [5.74, 6) is -1.75. The summed E-state index contributed by atoms with van der Waals surface area (Å²) in [5.41, 5.74) is 0.688. The van der Waals surface area contributed by atoms with Crippen molar-refractivity contribution in [2.75, 3.05) is 26.7 Å². The highest BCUT2D eigenvalue weighted by Crippen LogP contribution is 2.32. The molecule has 0 unspecified atom stereocenters. The average molecular weight is 890 g/mol. The van der Waals surface area contributed by atoms with Gasteiger partial charge in [-0.2, -0.15) is 17.6 Å². The number of hydrogen-bond donors (Lipinski definition) is 0. The summed E-state index contributed by atoms with van der Waals surface area (Å²) in [7, 11) is -7.82. The van der Waals surface area contributed by atoms with Crippen LogP contribution in [-0.2, 0) is 51.0 Å². The highest BCUT2D eigenvalue weighted by atomic mass is 32.2. The number of rotatable bonds is 21. The second-order valence-electron chi connectivity index (χ2n) is 12.2. The lowest BCUT2D eigenvalue weighted by Crippen LogP contribution is -2.33. The van der Waals surface area contributed by atoms with Gasteiger partial charge in [0.25, 0.3) is 23.6 Å². The molecule has 6 rings (SSSR count). The Kier molecular flexibility index (Phi) is 13.5. The zero-order valence-corrected chi connectivity index (χ0v) is 34.2. The number of nitrogens with zero attached hydrogens (tertiary/aromatic N) is 11. The Labute approximate surface area is 337 Å². The first kappa shape index (κ1) is 42.7. The van der Waals surface area contributed by atoms with Crippen LogP contribution in [0.1, 0.15) is 72.9 Å². The van der Waals surface area contributed by atoms with Crippen molar-refractivity contribution in [2.24, 2.45) is 0 Å². The molecular formula is C32H35F4N11O7S4. The van der Waals surface area contributed by atoms with Crippen LogP contribution in [0, 0.1) is 6.92 Å². The third-order valence-corrected chi connectivity index (χ3v) is 13.6. The van der Waals surface area contributed by atoms with Crippen LogP contribution in [0.25, 0.3) is 21.5 Å². The standard InChI is InChI=1S/C32H35F4N11O7S4/c1-4-9-45-15-24(40-19(45)3)47(17-26-39-14-23(56-26)30-42-44-32(54-30)28(35)36)58(50,51)11-6-10-52-18-20-7-8-21(12-37-20)46(57(48,49)5-2)16-25-38-13-22(55-25)29-41-43-31(53-29)27(33)34/h7-8,12-15,27-28H,4-6,9-11,16-18H2,1-3H3. The number of pyridine rings is 1. The molecule has 0 aliphatic rings. The SMILES string of the molecule is CCCn1cc(N(Cc2ncc(-c3nnc(C(F)F)o3)s2)S(=O)(=O)CCCOCc2ccc(N(Cc3ncc(-c4nnc(C(F)F)o4)s3)S(=O)(=O)CC)cn2)nc1C. The number of ether oxygens (including phenoxy) is 1. The van der Waals surface area contributed by atoms with Gasteiger partial charge < -0.3 is 18.1 Å². The maximum absolute atomic E-state index is 13.8. The van der Waals surface area contributed by atoms with Crippen LogP contribution in [-0.4, -0.2) is 79.8 Å². The Morgan fingerprint density at radius 1 is 0.810 bits per heavy atom. The number of thiazole rings is 2. The summed E-state index contributed by atoms with van der Waals surface area (Å²) in [4.78, 5) is 17.9. The van der Waals surface area contributed by atoms with Crippen molar-refractivity contribution >= 4 is 54.2 Å². The van der Waals surface area contributed by atoms with Gasteiger partial charge in [0, 0.05) is 19.3 Å². The van der Waals surface area contributed by atoms with Crippen LogP contribution >= 0.6 is 22.7 Å². The molecule has 312 valence electrons. The molecule has 0 saturated carbocycles. The smallest absolute Gasteiger partial charge is 0.314 e. The Balaban J connectivity index is 1.07. The number of alkyl halides is 4. The van der Waals surface area contributed by atoms with E-state index in [0.717, 1.165) is 37.7 Å². The minimum Gasteiger partial charge on any atom is -0.414 e. The highest BCUT2D eigenvalue weighted by molar-refractivity contribution is 7.93. The van der Waals surface area contributed by atoms with Crippen LogP contribution in [0.5, 0.6) is 0 Å². The van der Waals surface area contributed by atoms with Crippen LogP contribution in [0.4, 0.5) is 29.1 Å². The molecular weight excluding hydrogens is 855 g/mol. The summed E-state index contributed by atoms with van der Waals surface area (Å²) in [5, 5.41) is 14.5. The number of halogens is 4. The van der Waals surface area contributed by atoms with Gasteiger partial charge in [0.2, 0.25) is 20.0 Å². The molecule has 18 nitrogen and oxygen atoms in total. The average Bonchev–Trinajstić information content (AvgIpc) is 4.04.